The highest BCUT2D eigenvalue weighted by Crippen LogP contribution is 2.28. The molecule has 0 aromatic heterocycles. The molecule has 0 aliphatic rings. The third kappa shape index (κ3) is 2.83. The van der Waals surface area contributed by atoms with E-state index >= 15 is 0 Å². The minimum Gasteiger partial charge on any atom is -0.397 e. The third-order valence-electron chi connectivity index (χ3n) is 2.04. The smallest absolute Gasteiger partial charge is 0.139 e. The first-order valence-corrected chi connectivity index (χ1v) is 5.18. The van der Waals surface area contributed by atoms with Gasteiger partial charge in [-0.05, 0) is 22.0 Å². The number of halogens is 2. The van der Waals surface area contributed by atoms with Gasteiger partial charge in [0.15, 0.2) is 0 Å². The molecule has 0 heterocycles. The largest absolute Gasteiger partial charge is 0.397 e. The van der Waals surface area contributed by atoms with Crippen LogP contribution in [0.2, 0.25) is 0 Å². The van der Waals surface area contributed by atoms with Crippen LogP contribution >= 0.6 is 15.9 Å². The second-order valence-electron chi connectivity index (χ2n) is 3.15. The molecule has 80 valence electrons. The number of hydrogen-bond donors (Lipinski definition) is 1. The van der Waals surface area contributed by atoms with Crippen LogP contribution in [0.15, 0.2) is 16.6 Å². The van der Waals surface area contributed by atoms with E-state index < -0.39 is 0 Å². The molecule has 0 unspecified atom stereocenters. The van der Waals surface area contributed by atoms with Gasteiger partial charge in [-0.1, -0.05) is 0 Å². The fourth-order valence-corrected chi connectivity index (χ4v) is 1.58. The van der Waals surface area contributed by atoms with Crippen LogP contribution in [0, 0.1) is 17.1 Å². The Morgan fingerprint density at radius 2 is 2.27 bits per heavy atom. The zero-order valence-electron chi connectivity index (χ0n) is 8.30. The molecule has 3 nitrogen and oxygen atoms in total. The molecule has 0 fully saturated rings. The van der Waals surface area contributed by atoms with Crippen molar-refractivity contribution in [3.63, 3.8) is 0 Å². The van der Waals surface area contributed by atoms with Crippen molar-refractivity contribution in [2.45, 2.75) is 6.42 Å². The topological polar surface area (TPSA) is 53.0 Å². The van der Waals surface area contributed by atoms with Crippen LogP contribution in [0.5, 0.6) is 0 Å². The lowest BCUT2D eigenvalue weighted by molar-refractivity contribution is 0.621. The summed E-state index contributed by atoms with van der Waals surface area (Å²) < 4.78 is 13.6. The molecule has 1 aromatic rings. The number of anilines is 2. The second kappa shape index (κ2) is 4.99. The summed E-state index contributed by atoms with van der Waals surface area (Å²) in [6.07, 6.45) is 0.383. The zero-order chi connectivity index (χ0) is 11.4. The third-order valence-corrected chi connectivity index (χ3v) is 2.65. The Morgan fingerprint density at radius 3 is 2.87 bits per heavy atom. The molecule has 0 aliphatic heterocycles. The average Bonchev–Trinajstić information content (AvgIpc) is 2.20. The van der Waals surface area contributed by atoms with Crippen LogP contribution in [-0.2, 0) is 0 Å². The Balaban J connectivity index is 2.94. The highest BCUT2D eigenvalue weighted by Gasteiger charge is 2.09. The normalized spacial score (nSPS) is 9.73. The van der Waals surface area contributed by atoms with Crippen LogP contribution in [-0.4, -0.2) is 13.6 Å². The van der Waals surface area contributed by atoms with E-state index in [1.807, 2.05) is 6.07 Å². The number of hydrogen-bond acceptors (Lipinski definition) is 3. The lowest BCUT2D eigenvalue weighted by Crippen LogP contribution is -2.19. The predicted octanol–water partition coefficient (Wildman–Crippen LogP) is 2.52. The maximum atomic E-state index is 13.2. The highest BCUT2D eigenvalue weighted by atomic mass is 79.9. The van der Waals surface area contributed by atoms with E-state index in [-0.39, 0.29) is 5.82 Å². The van der Waals surface area contributed by atoms with Gasteiger partial charge in [0, 0.05) is 19.7 Å². The Morgan fingerprint density at radius 1 is 1.60 bits per heavy atom. The maximum absolute atomic E-state index is 13.2. The summed E-state index contributed by atoms with van der Waals surface area (Å²) in [6.45, 7) is 0.530. The summed E-state index contributed by atoms with van der Waals surface area (Å²) >= 11 is 3.06. The molecule has 0 atom stereocenters. The Hall–Kier alpha value is -1.28. The van der Waals surface area contributed by atoms with Gasteiger partial charge in [-0.25, -0.2) is 4.39 Å². The lowest BCUT2D eigenvalue weighted by atomic mass is 10.2. The fraction of sp³-hybridized carbons (Fsp3) is 0.300. The first kappa shape index (κ1) is 11.8. The molecule has 0 aliphatic carbocycles. The first-order valence-electron chi connectivity index (χ1n) is 4.39. The number of benzene rings is 1. The van der Waals surface area contributed by atoms with E-state index in [0.29, 0.717) is 28.8 Å². The maximum Gasteiger partial charge on any atom is 0.139 e. The molecule has 0 saturated carbocycles. The molecular weight excluding hydrogens is 261 g/mol. The van der Waals surface area contributed by atoms with Gasteiger partial charge < -0.3 is 10.6 Å². The summed E-state index contributed by atoms with van der Waals surface area (Å²) in [4.78, 5) is 1.76. The summed E-state index contributed by atoms with van der Waals surface area (Å²) in [5.41, 5.74) is 6.83. The monoisotopic (exact) mass is 271 g/mol. The van der Waals surface area contributed by atoms with Crippen molar-refractivity contribution >= 4 is 27.3 Å². The average molecular weight is 272 g/mol. The number of rotatable bonds is 3. The molecule has 0 saturated heterocycles. The van der Waals surface area contributed by atoms with Crippen LogP contribution in [0.25, 0.3) is 0 Å². The lowest BCUT2D eigenvalue weighted by Gasteiger charge is -2.20. The van der Waals surface area contributed by atoms with E-state index in [2.05, 4.69) is 15.9 Å². The summed E-state index contributed by atoms with van der Waals surface area (Å²) in [5.74, 6) is -0.358. The van der Waals surface area contributed by atoms with Crippen molar-refractivity contribution in [1.82, 2.24) is 0 Å². The molecule has 5 heteroatoms. The first-order chi connectivity index (χ1) is 7.06. The minimum atomic E-state index is -0.358. The molecule has 2 N–H and O–H groups in total. The Bertz CT molecular complexity index is 400. The molecule has 0 radical (unpaired) electrons. The van der Waals surface area contributed by atoms with Crippen molar-refractivity contribution < 1.29 is 4.39 Å². The van der Waals surface area contributed by atoms with Gasteiger partial charge >= 0.3 is 0 Å². The van der Waals surface area contributed by atoms with E-state index in [0.717, 1.165) is 0 Å². The van der Waals surface area contributed by atoms with Crippen molar-refractivity contribution in [3.8, 4) is 6.07 Å². The fourth-order valence-electron chi connectivity index (χ4n) is 1.22. The van der Waals surface area contributed by atoms with Crippen LogP contribution in [0.1, 0.15) is 6.42 Å². The Labute approximate surface area is 96.4 Å². The van der Waals surface area contributed by atoms with Crippen LogP contribution < -0.4 is 10.6 Å². The van der Waals surface area contributed by atoms with Crippen molar-refractivity contribution in [2.75, 3.05) is 24.2 Å². The van der Waals surface area contributed by atoms with Crippen molar-refractivity contribution in [1.29, 1.82) is 5.26 Å². The van der Waals surface area contributed by atoms with Gasteiger partial charge in [0.05, 0.1) is 28.3 Å². The minimum absolute atomic E-state index is 0.345. The van der Waals surface area contributed by atoms with Gasteiger partial charge in [-0.15, -0.1) is 0 Å². The van der Waals surface area contributed by atoms with Crippen molar-refractivity contribution in [2.24, 2.45) is 0 Å². The quantitative estimate of drug-likeness (QED) is 0.860. The molecule has 1 aromatic carbocycles. The summed E-state index contributed by atoms with van der Waals surface area (Å²) in [7, 11) is 1.77. The molecule has 0 spiro atoms. The van der Waals surface area contributed by atoms with Gasteiger partial charge in [0.2, 0.25) is 0 Å². The predicted molar refractivity (Wildman–Crippen MR) is 62.0 cm³/mol. The molecule has 15 heavy (non-hydrogen) atoms. The number of nitrogens with two attached hydrogens (primary N) is 1. The highest BCUT2D eigenvalue weighted by molar-refractivity contribution is 9.10. The zero-order valence-corrected chi connectivity index (χ0v) is 9.88. The van der Waals surface area contributed by atoms with Gasteiger partial charge in [-0.3, -0.25) is 0 Å². The van der Waals surface area contributed by atoms with Gasteiger partial charge in [0.25, 0.3) is 0 Å². The van der Waals surface area contributed by atoms with E-state index in [4.69, 9.17) is 11.0 Å². The SMILES string of the molecule is CN(CCC#N)c1cc(F)c(Br)cc1N. The summed E-state index contributed by atoms with van der Waals surface area (Å²) in [6, 6.07) is 4.91. The van der Waals surface area contributed by atoms with E-state index in [1.54, 1.807) is 11.9 Å². The van der Waals surface area contributed by atoms with Gasteiger partial charge in [-0.2, -0.15) is 5.26 Å². The van der Waals surface area contributed by atoms with E-state index in [9.17, 15) is 4.39 Å². The molecular formula is C10H11BrFN3. The Kier molecular flexibility index (Phi) is 3.92. The van der Waals surface area contributed by atoms with Gasteiger partial charge in [0.1, 0.15) is 5.82 Å². The summed E-state index contributed by atoms with van der Waals surface area (Å²) in [5, 5.41) is 8.44. The molecule has 0 bridgehead atoms. The number of nitrogen functional groups attached to an aromatic ring is 1. The molecule has 0 amide bonds. The van der Waals surface area contributed by atoms with Crippen molar-refractivity contribution in [3.05, 3.63) is 22.4 Å². The molecule has 1 rings (SSSR count). The van der Waals surface area contributed by atoms with E-state index in [1.165, 1.54) is 12.1 Å². The van der Waals surface area contributed by atoms with Crippen LogP contribution in [0.4, 0.5) is 15.8 Å². The standard InChI is InChI=1S/C10H11BrFN3/c1-15(4-2-3-13)10-6-8(12)7(11)5-9(10)14/h5-6H,2,4,14H2,1H3. The number of nitrogens with zero attached hydrogens (tertiary/aromatic N) is 2. The van der Waals surface area contributed by atoms with Crippen LogP contribution in [0.3, 0.4) is 0 Å². The second-order valence-corrected chi connectivity index (χ2v) is 4.01. The number of nitriles is 1.